The molecular weight excluding hydrogens is 376 g/mol. The van der Waals surface area contributed by atoms with Gasteiger partial charge in [-0.05, 0) is 36.6 Å². The average molecular weight is 391 g/mol. The Labute approximate surface area is 153 Å². The van der Waals surface area contributed by atoms with E-state index in [9.17, 15) is 0 Å². The van der Waals surface area contributed by atoms with Crippen molar-refractivity contribution in [3.8, 4) is 22.6 Å². The highest BCUT2D eigenvalue weighted by atomic mass is 79.9. The number of benzene rings is 2. The lowest BCUT2D eigenvalue weighted by atomic mass is 9.90. The molecule has 1 aliphatic carbocycles. The predicted molar refractivity (Wildman–Crippen MR) is 104 cm³/mol. The van der Waals surface area contributed by atoms with Gasteiger partial charge in [-0.1, -0.05) is 46.3 Å². The second-order valence-electron chi connectivity index (χ2n) is 6.29. The fourth-order valence-electron chi connectivity index (χ4n) is 3.70. The van der Waals surface area contributed by atoms with Crippen LogP contribution in [-0.4, -0.2) is 15.0 Å². The van der Waals surface area contributed by atoms with E-state index in [0.29, 0.717) is 5.95 Å². The molecule has 0 atom stereocenters. The van der Waals surface area contributed by atoms with Crippen molar-refractivity contribution < 1.29 is 0 Å². The highest BCUT2D eigenvalue weighted by Gasteiger charge is 2.25. The van der Waals surface area contributed by atoms with Crippen LogP contribution < -0.4 is 5.73 Å². The Morgan fingerprint density at radius 2 is 1.60 bits per heavy atom. The lowest BCUT2D eigenvalue weighted by Gasteiger charge is -2.19. The summed E-state index contributed by atoms with van der Waals surface area (Å²) >= 11 is 3.49. The number of nitrogen functional groups attached to an aromatic ring is 1. The van der Waals surface area contributed by atoms with Crippen LogP contribution in [0, 0.1) is 0 Å². The van der Waals surface area contributed by atoms with Gasteiger partial charge < -0.3 is 10.7 Å². The van der Waals surface area contributed by atoms with Gasteiger partial charge in [-0.15, -0.1) is 0 Å². The summed E-state index contributed by atoms with van der Waals surface area (Å²) in [6, 6.07) is 16.6. The summed E-state index contributed by atoms with van der Waals surface area (Å²) in [5.74, 6) is 0.308. The van der Waals surface area contributed by atoms with Gasteiger partial charge >= 0.3 is 0 Å². The van der Waals surface area contributed by atoms with Crippen molar-refractivity contribution in [2.24, 2.45) is 0 Å². The molecular formula is C20H15BrN4. The van der Waals surface area contributed by atoms with E-state index in [1.165, 1.54) is 10.9 Å². The zero-order valence-corrected chi connectivity index (χ0v) is 15.0. The Hall–Kier alpha value is -2.66. The summed E-state index contributed by atoms with van der Waals surface area (Å²) in [6.07, 6.45) is 1.89. The second-order valence-corrected chi connectivity index (χ2v) is 7.20. The van der Waals surface area contributed by atoms with E-state index in [0.717, 1.165) is 51.0 Å². The van der Waals surface area contributed by atoms with Gasteiger partial charge in [0.1, 0.15) is 0 Å². The molecule has 4 nitrogen and oxygen atoms in total. The van der Waals surface area contributed by atoms with Gasteiger partial charge in [0, 0.05) is 26.5 Å². The first kappa shape index (κ1) is 14.7. The number of hydrogen-bond acceptors (Lipinski definition) is 3. The molecule has 0 saturated heterocycles. The molecule has 5 rings (SSSR count). The van der Waals surface area contributed by atoms with Crippen LogP contribution in [0.15, 0.2) is 53.0 Å². The quantitative estimate of drug-likeness (QED) is 0.493. The summed E-state index contributed by atoms with van der Waals surface area (Å²) in [5.41, 5.74) is 13.7. The van der Waals surface area contributed by atoms with Gasteiger partial charge in [-0.2, -0.15) is 0 Å². The van der Waals surface area contributed by atoms with Crippen molar-refractivity contribution in [2.45, 2.75) is 12.8 Å². The maximum atomic E-state index is 6.06. The zero-order chi connectivity index (χ0) is 17.0. The van der Waals surface area contributed by atoms with Gasteiger partial charge in [-0.3, -0.25) is 0 Å². The van der Waals surface area contributed by atoms with E-state index in [2.05, 4.69) is 61.2 Å². The van der Waals surface area contributed by atoms with Crippen molar-refractivity contribution in [2.75, 3.05) is 5.73 Å². The van der Waals surface area contributed by atoms with Crippen LogP contribution in [0.5, 0.6) is 0 Å². The van der Waals surface area contributed by atoms with Crippen molar-refractivity contribution in [1.29, 1.82) is 0 Å². The van der Waals surface area contributed by atoms with Crippen molar-refractivity contribution in [3.63, 3.8) is 0 Å². The van der Waals surface area contributed by atoms with E-state index in [4.69, 9.17) is 5.73 Å². The van der Waals surface area contributed by atoms with Crippen LogP contribution in [0.25, 0.3) is 33.5 Å². The fraction of sp³-hybridized carbons (Fsp3) is 0.100. The number of H-pyrrole nitrogens is 1. The van der Waals surface area contributed by atoms with Crippen LogP contribution in [0.4, 0.5) is 5.95 Å². The Bertz CT molecular complexity index is 1110. The minimum atomic E-state index is 0.308. The van der Waals surface area contributed by atoms with Gasteiger partial charge in [0.05, 0.1) is 17.1 Å². The third-order valence-electron chi connectivity index (χ3n) is 4.82. The molecule has 0 saturated carbocycles. The van der Waals surface area contributed by atoms with Crippen molar-refractivity contribution in [1.82, 2.24) is 15.0 Å². The van der Waals surface area contributed by atoms with Crippen molar-refractivity contribution in [3.05, 3.63) is 64.1 Å². The molecule has 0 fully saturated rings. The summed E-state index contributed by atoms with van der Waals surface area (Å²) in [5, 5.41) is 1.27. The Morgan fingerprint density at radius 1 is 0.880 bits per heavy atom. The van der Waals surface area contributed by atoms with Gasteiger partial charge in [0.25, 0.3) is 0 Å². The topological polar surface area (TPSA) is 67.6 Å². The second kappa shape index (κ2) is 5.43. The van der Waals surface area contributed by atoms with Gasteiger partial charge in [0.15, 0.2) is 0 Å². The number of nitrogens with zero attached hydrogens (tertiary/aromatic N) is 2. The maximum absolute atomic E-state index is 6.06. The molecule has 4 aromatic rings. The molecule has 5 heteroatoms. The number of nitrogens with one attached hydrogen (secondary N) is 1. The number of anilines is 1. The molecule has 3 N–H and O–H groups in total. The minimum Gasteiger partial charge on any atom is -0.368 e. The molecule has 1 aliphatic rings. The van der Waals surface area contributed by atoms with Gasteiger partial charge in [-0.25, -0.2) is 9.97 Å². The lowest BCUT2D eigenvalue weighted by molar-refractivity contribution is 0.921. The highest BCUT2D eigenvalue weighted by molar-refractivity contribution is 9.10. The average Bonchev–Trinajstić information content (AvgIpc) is 3.01. The van der Waals surface area contributed by atoms with Crippen LogP contribution in [0.1, 0.15) is 11.1 Å². The van der Waals surface area contributed by atoms with E-state index < -0.39 is 0 Å². The van der Waals surface area contributed by atoms with Crippen molar-refractivity contribution >= 4 is 32.8 Å². The van der Waals surface area contributed by atoms with E-state index in [-0.39, 0.29) is 0 Å². The van der Waals surface area contributed by atoms with Crippen LogP contribution in [-0.2, 0) is 12.8 Å². The molecule has 0 unspecified atom stereocenters. The van der Waals surface area contributed by atoms with Crippen LogP contribution >= 0.6 is 15.9 Å². The first-order valence-electron chi connectivity index (χ1n) is 8.23. The third-order valence-corrected chi connectivity index (χ3v) is 5.35. The third kappa shape index (κ3) is 2.27. The Balaban J connectivity index is 1.78. The number of para-hydroxylation sites is 1. The molecule has 2 aromatic carbocycles. The number of rotatable bonds is 1. The monoisotopic (exact) mass is 390 g/mol. The molecule has 122 valence electrons. The minimum absolute atomic E-state index is 0.308. The molecule has 2 heterocycles. The number of aromatic amines is 1. The maximum Gasteiger partial charge on any atom is 0.221 e. The van der Waals surface area contributed by atoms with Crippen LogP contribution in [0.2, 0.25) is 0 Å². The SMILES string of the molecule is Nc1nc(-c2ccc(Br)cc2)c2c(n1)-c1[nH]c3ccccc3c1CC2. The number of hydrogen-bond donors (Lipinski definition) is 2. The molecule has 0 aliphatic heterocycles. The largest absolute Gasteiger partial charge is 0.368 e. The van der Waals surface area contributed by atoms with E-state index >= 15 is 0 Å². The number of halogens is 1. The molecule has 0 spiro atoms. The molecule has 25 heavy (non-hydrogen) atoms. The fourth-order valence-corrected chi connectivity index (χ4v) is 3.97. The summed E-state index contributed by atoms with van der Waals surface area (Å²) in [6.45, 7) is 0. The molecule has 0 amide bonds. The number of aryl methyl sites for hydroxylation is 1. The smallest absolute Gasteiger partial charge is 0.221 e. The standard InChI is InChI=1S/C20H15BrN4/c21-12-7-5-11(6-8-12)17-15-10-9-14-13-3-1-2-4-16(13)23-18(14)19(15)25-20(22)24-17/h1-8,23H,9-10H2,(H2,22,24,25). The molecule has 2 aromatic heterocycles. The Morgan fingerprint density at radius 3 is 2.44 bits per heavy atom. The zero-order valence-electron chi connectivity index (χ0n) is 13.4. The molecule has 0 radical (unpaired) electrons. The summed E-state index contributed by atoms with van der Waals surface area (Å²) < 4.78 is 1.05. The summed E-state index contributed by atoms with van der Waals surface area (Å²) in [7, 11) is 0. The normalized spacial score (nSPS) is 12.8. The van der Waals surface area contributed by atoms with E-state index in [1.54, 1.807) is 0 Å². The number of nitrogens with two attached hydrogens (primary N) is 1. The summed E-state index contributed by atoms with van der Waals surface area (Å²) in [4.78, 5) is 12.7. The van der Waals surface area contributed by atoms with E-state index in [1.807, 2.05) is 18.2 Å². The first-order chi connectivity index (χ1) is 12.2. The highest BCUT2D eigenvalue weighted by Crippen LogP contribution is 2.40. The van der Waals surface area contributed by atoms with Gasteiger partial charge in [0.2, 0.25) is 5.95 Å². The predicted octanol–water partition coefficient (Wildman–Crippen LogP) is 4.74. The molecule has 0 bridgehead atoms. The number of aromatic nitrogens is 3. The Kier molecular flexibility index (Phi) is 3.18. The van der Waals surface area contributed by atoms with Crippen LogP contribution in [0.3, 0.4) is 0 Å². The first-order valence-corrected chi connectivity index (χ1v) is 9.02. The number of fused-ring (bicyclic) bond motifs is 5. The lowest BCUT2D eigenvalue weighted by Crippen LogP contribution is -2.10.